The second kappa shape index (κ2) is 14.2. The monoisotopic (exact) mass is 640 g/mol. The van der Waals surface area contributed by atoms with Gasteiger partial charge in [-0.25, -0.2) is 10.0 Å². The van der Waals surface area contributed by atoms with Crippen LogP contribution < -0.4 is 10.9 Å². The zero-order valence-corrected chi connectivity index (χ0v) is 26.7. The lowest BCUT2D eigenvalue weighted by atomic mass is 10.0. The van der Waals surface area contributed by atoms with E-state index in [2.05, 4.69) is 45.9 Å². The van der Waals surface area contributed by atoms with Crippen molar-refractivity contribution in [1.29, 1.82) is 0 Å². The lowest BCUT2D eigenvalue weighted by Gasteiger charge is -2.28. The van der Waals surface area contributed by atoms with E-state index >= 15 is 0 Å². The van der Waals surface area contributed by atoms with Crippen molar-refractivity contribution in [3.63, 3.8) is 0 Å². The maximum atomic E-state index is 12.5. The Morgan fingerprint density at radius 2 is 1.20 bits per heavy atom. The molecule has 5 N–H and O–H groups in total. The highest BCUT2D eigenvalue weighted by Crippen LogP contribution is 2.46. The van der Waals surface area contributed by atoms with E-state index in [9.17, 15) is 34.5 Å². The van der Waals surface area contributed by atoms with Crippen molar-refractivity contribution in [3.8, 4) is 0 Å². The Balaban J connectivity index is 1.55. The molecular weight excluding hydrogens is 600 g/mol. The number of nitrogens with zero attached hydrogens (tertiary/aromatic N) is 4. The average molecular weight is 641 g/mol. The molecule has 2 aliphatic rings. The van der Waals surface area contributed by atoms with Crippen LogP contribution in [-0.4, -0.2) is 105 Å². The molecule has 0 spiro atoms. The molecule has 45 heavy (non-hydrogen) atoms. The molecule has 1 fully saturated rings. The van der Waals surface area contributed by atoms with Gasteiger partial charge in [0, 0.05) is 30.1 Å². The quantitative estimate of drug-likeness (QED) is 0.181. The molecule has 0 aromatic heterocycles. The SMILES string of the molecule is Cc1cc(CN(CC(=O)O)CC(=O)O)cc(C2=NNC(c3cc(CN(CC(=O)O)CC(=O)C4CC4)cc(S(C)(C)C)c3)=NN2)c1. The van der Waals surface area contributed by atoms with Gasteiger partial charge in [-0.05, 0) is 84.9 Å². The van der Waals surface area contributed by atoms with Gasteiger partial charge in [0.2, 0.25) is 0 Å². The molecule has 2 aromatic rings. The third-order valence-electron chi connectivity index (χ3n) is 7.21. The summed E-state index contributed by atoms with van der Waals surface area (Å²) in [7, 11) is -1.18. The van der Waals surface area contributed by atoms with E-state index in [1.54, 1.807) is 11.0 Å². The first-order valence-corrected chi connectivity index (χ1v) is 17.3. The largest absolute Gasteiger partial charge is 0.480 e. The van der Waals surface area contributed by atoms with Crippen molar-refractivity contribution >= 4 is 45.4 Å². The number of carbonyl (C=O) groups is 4. The number of nitrogens with one attached hydrogen (secondary N) is 2. The van der Waals surface area contributed by atoms with E-state index in [0.717, 1.165) is 40.0 Å². The Kier molecular flexibility index (Phi) is 10.6. The first kappa shape index (κ1) is 33.6. The summed E-state index contributed by atoms with van der Waals surface area (Å²) >= 11 is 0. The molecular formula is C31H40N6O7S. The van der Waals surface area contributed by atoms with Gasteiger partial charge in [-0.3, -0.25) is 39.8 Å². The number of carboxylic acids is 3. The molecule has 1 heterocycles. The molecule has 0 saturated heterocycles. The molecule has 0 radical (unpaired) electrons. The Labute approximate surface area is 263 Å². The number of hydrogen-bond acceptors (Lipinski definition) is 10. The van der Waals surface area contributed by atoms with Gasteiger partial charge in [-0.15, -0.1) is 0 Å². The predicted molar refractivity (Wildman–Crippen MR) is 172 cm³/mol. The minimum Gasteiger partial charge on any atom is -0.480 e. The topological polar surface area (TPSA) is 184 Å². The lowest BCUT2D eigenvalue weighted by Crippen LogP contribution is -2.36. The van der Waals surface area contributed by atoms with Gasteiger partial charge in [-0.2, -0.15) is 10.2 Å². The normalized spacial score (nSPS) is 15.2. The molecule has 242 valence electrons. The van der Waals surface area contributed by atoms with Crippen LogP contribution in [0.2, 0.25) is 0 Å². The first-order chi connectivity index (χ1) is 21.2. The Morgan fingerprint density at radius 3 is 1.64 bits per heavy atom. The van der Waals surface area contributed by atoms with Crippen molar-refractivity contribution in [2.45, 2.75) is 37.8 Å². The molecule has 0 bridgehead atoms. The number of carbonyl (C=O) groups excluding carboxylic acids is 1. The summed E-state index contributed by atoms with van der Waals surface area (Å²) in [6.45, 7) is 1.33. The summed E-state index contributed by atoms with van der Waals surface area (Å²) in [5.41, 5.74) is 9.92. The average Bonchev–Trinajstić information content (AvgIpc) is 3.77. The van der Waals surface area contributed by atoms with E-state index < -0.39 is 41.0 Å². The van der Waals surface area contributed by atoms with Crippen molar-refractivity contribution < 1.29 is 34.5 Å². The van der Waals surface area contributed by atoms with Crippen LogP contribution in [0.1, 0.15) is 40.7 Å². The van der Waals surface area contributed by atoms with Crippen LogP contribution in [0, 0.1) is 12.8 Å². The summed E-state index contributed by atoms with van der Waals surface area (Å²) in [5.74, 6) is -2.21. The van der Waals surface area contributed by atoms with Crippen LogP contribution in [-0.2, 0) is 32.3 Å². The number of aryl methyl sites for hydroxylation is 1. The summed E-state index contributed by atoms with van der Waals surface area (Å²) in [6.07, 6.45) is 8.22. The Hall–Kier alpha value is -4.27. The maximum Gasteiger partial charge on any atom is 0.317 e. The van der Waals surface area contributed by atoms with Gasteiger partial charge in [0.05, 0.1) is 26.2 Å². The molecule has 13 nitrogen and oxygen atoms in total. The summed E-state index contributed by atoms with van der Waals surface area (Å²) < 4.78 is 0. The van der Waals surface area contributed by atoms with E-state index in [1.807, 2.05) is 31.2 Å². The van der Waals surface area contributed by atoms with E-state index in [1.165, 1.54) is 4.90 Å². The second-order valence-electron chi connectivity index (χ2n) is 12.3. The molecule has 1 aliphatic carbocycles. The minimum atomic E-state index is -1.18. The van der Waals surface area contributed by atoms with Crippen LogP contribution in [0.25, 0.3) is 0 Å². The van der Waals surface area contributed by atoms with Crippen LogP contribution in [0.3, 0.4) is 0 Å². The van der Waals surface area contributed by atoms with Gasteiger partial charge >= 0.3 is 17.9 Å². The summed E-state index contributed by atoms with van der Waals surface area (Å²) in [6, 6.07) is 11.6. The highest BCUT2D eigenvalue weighted by atomic mass is 32.3. The van der Waals surface area contributed by atoms with Crippen molar-refractivity contribution in [1.82, 2.24) is 20.7 Å². The third-order valence-corrected chi connectivity index (χ3v) is 8.86. The molecule has 1 aliphatic heterocycles. The zero-order chi connectivity index (χ0) is 32.9. The van der Waals surface area contributed by atoms with Crippen LogP contribution in [0.15, 0.2) is 51.5 Å². The zero-order valence-electron chi connectivity index (χ0n) is 25.9. The standard InChI is InChI=1S/C31H40N6O7S/c1-19-7-20(13-37(17-28(41)42)18-29(43)44)9-23(8-19)30-32-34-31(35-33-30)24-10-21(11-25(12-24)45(2,3)4)14-36(16-27(39)40)15-26(38)22-5-6-22/h7-12,22H,5-6,13-18H2,1-4H3,(H,32,33)(H,34,35)(H,39,40)(H,41,42)(H,43,44). The highest BCUT2D eigenvalue weighted by Gasteiger charge is 2.31. The summed E-state index contributed by atoms with van der Waals surface area (Å²) in [4.78, 5) is 50.7. The summed E-state index contributed by atoms with van der Waals surface area (Å²) in [5, 5.41) is 36.9. The number of amidine groups is 2. The molecule has 0 atom stereocenters. The van der Waals surface area contributed by atoms with E-state index in [-0.39, 0.29) is 31.3 Å². The maximum absolute atomic E-state index is 12.5. The lowest BCUT2D eigenvalue weighted by molar-refractivity contribution is -0.142. The van der Waals surface area contributed by atoms with Gasteiger partial charge in [0.1, 0.15) is 5.78 Å². The Bertz CT molecular complexity index is 1530. The molecule has 2 aromatic carbocycles. The number of benzene rings is 2. The Morgan fingerprint density at radius 1 is 0.733 bits per heavy atom. The van der Waals surface area contributed by atoms with Crippen LogP contribution >= 0.6 is 10.0 Å². The van der Waals surface area contributed by atoms with Crippen LogP contribution in [0.4, 0.5) is 0 Å². The van der Waals surface area contributed by atoms with E-state index in [0.29, 0.717) is 23.8 Å². The molecule has 1 saturated carbocycles. The van der Waals surface area contributed by atoms with Gasteiger partial charge in [0.15, 0.2) is 11.7 Å². The number of carboxylic acid groups (broad SMARTS) is 3. The number of ketones is 1. The van der Waals surface area contributed by atoms with Crippen molar-refractivity contribution in [3.05, 3.63) is 64.2 Å². The molecule has 0 amide bonds. The van der Waals surface area contributed by atoms with Gasteiger partial charge in [0.25, 0.3) is 0 Å². The fraction of sp³-hybridized carbons (Fsp3) is 0.419. The number of hydrazone groups is 2. The van der Waals surface area contributed by atoms with Crippen molar-refractivity contribution in [2.75, 3.05) is 44.9 Å². The number of rotatable bonds is 16. The molecule has 0 unspecified atom stereocenters. The number of aliphatic carboxylic acids is 3. The van der Waals surface area contributed by atoms with E-state index in [4.69, 9.17) is 0 Å². The fourth-order valence-electron chi connectivity index (χ4n) is 5.04. The third kappa shape index (κ3) is 10.1. The van der Waals surface area contributed by atoms with Crippen LogP contribution in [0.5, 0.6) is 0 Å². The predicted octanol–water partition coefficient (Wildman–Crippen LogP) is 2.10. The number of Topliss-reactive ketones (excluding diaryl/α,β-unsaturated/α-hetero) is 1. The highest BCUT2D eigenvalue weighted by molar-refractivity contribution is 8.32. The molecule has 14 heteroatoms. The van der Waals surface area contributed by atoms with Gasteiger partial charge < -0.3 is 15.3 Å². The first-order valence-electron chi connectivity index (χ1n) is 14.4. The van der Waals surface area contributed by atoms with Gasteiger partial charge in [-0.1, -0.05) is 11.6 Å². The van der Waals surface area contributed by atoms with Crippen molar-refractivity contribution in [2.24, 2.45) is 16.1 Å². The second-order valence-corrected chi connectivity index (χ2v) is 16.4. The smallest absolute Gasteiger partial charge is 0.317 e. The molecule has 4 rings (SSSR count). The fourth-order valence-corrected chi connectivity index (χ4v) is 6.02. The number of hydrogen-bond donors (Lipinski definition) is 5. The minimum absolute atomic E-state index is 0.0408.